The molecular formula is C17H25N3O3. The Kier molecular flexibility index (Phi) is 4.91. The number of hydrogen-bond acceptors (Lipinski definition) is 6. The molecule has 1 aromatic carbocycles. The van der Waals surface area contributed by atoms with Gasteiger partial charge >= 0.3 is 0 Å². The van der Waals surface area contributed by atoms with Gasteiger partial charge in [-0.05, 0) is 24.1 Å². The van der Waals surface area contributed by atoms with Gasteiger partial charge in [0.1, 0.15) is 0 Å². The summed E-state index contributed by atoms with van der Waals surface area (Å²) in [7, 11) is 3.31. The van der Waals surface area contributed by atoms with Gasteiger partial charge in [-0.15, -0.1) is 0 Å². The Balaban J connectivity index is 1.91. The molecule has 1 fully saturated rings. The topological polar surface area (TPSA) is 64.1 Å². The SMILES string of the molecule is CCCOc1c(OC)cc(C2NN=C3CCNCC32)cc1OC. The number of rotatable bonds is 6. The fourth-order valence-electron chi connectivity index (χ4n) is 3.20. The van der Waals surface area contributed by atoms with Gasteiger partial charge in [0.05, 0.1) is 26.9 Å². The van der Waals surface area contributed by atoms with E-state index < -0.39 is 0 Å². The van der Waals surface area contributed by atoms with Crippen molar-refractivity contribution in [2.75, 3.05) is 33.9 Å². The first-order chi connectivity index (χ1) is 11.3. The Morgan fingerprint density at radius 1 is 1.22 bits per heavy atom. The minimum absolute atomic E-state index is 0.140. The van der Waals surface area contributed by atoms with Crippen molar-refractivity contribution in [2.24, 2.45) is 11.0 Å². The third kappa shape index (κ3) is 3.08. The van der Waals surface area contributed by atoms with Gasteiger partial charge in [0.25, 0.3) is 0 Å². The van der Waals surface area contributed by atoms with Crippen LogP contribution in [0.1, 0.15) is 31.4 Å². The summed E-state index contributed by atoms with van der Waals surface area (Å²) in [6.45, 7) is 4.65. The lowest BCUT2D eigenvalue weighted by Crippen LogP contribution is -2.38. The highest BCUT2D eigenvalue weighted by atomic mass is 16.5. The second-order valence-corrected chi connectivity index (χ2v) is 5.87. The van der Waals surface area contributed by atoms with Gasteiger partial charge in [0, 0.05) is 31.1 Å². The molecule has 2 unspecified atom stereocenters. The Morgan fingerprint density at radius 2 is 1.96 bits per heavy atom. The van der Waals surface area contributed by atoms with Gasteiger partial charge in [-0.1, -0.05) is 6.92 Å². The highest BCUT2D eigenvalue weighted by molar-refractivity contribution is 5.90. The Bertz CT molecular complexity index is 563. The number of piperidine rings is 1. The lowest BCUT2D eigenvalue weighted by Gasteiger charge is -2.26. The van der Waals surface area contributed by atoms with Crippen molar-refractivity contribution in [2.45, 2.75) is 25.8 Å². The van der Waals surface area contributed by atoms with E-state index in [1.165, 1.54) is 5.71 Å². The van der Waals surface area contributed by atoms with Gasteiger partial charge < -0.3 is 25.0 Å². The van der Waals surface area contributed by atoms with Crippen LogP contribution in [-0.4, -0.2) is 39.6 Å². The standard InChI is InChI=1S/C17H25N3O3/c1-4-7-23-17-14(21-2)8-11(9-15(17)22-3)16-12-10-18-6-5-13(12)19-20-16/h8-9,12,16,18,20H,4-7,10H2,1-3H3. The first-order valence-electron chi connectivity index (χ1n) is 8.19. The van der Waals surface area contributed by atoms with Gasteiger partial charge in [0.2, 0.25) is 5.75 Å². The van der Waals surface area contributed by atoms with Crippen LogP contribution in [-0.2, 0) is 0 Å². The maximum atomic E-state index is 5.81. The molecule has 0 saturated carbocycles. The van der Waals surface area contributed by atoms with E-state index in [0.29, 0.717) is 29.8 Å². The van der Waals surface area contributed by atoms with Crippen molar-refractivity contribution in [3.8, 4) is 17.2 Å². The molecule has 2 heterocycles. The lowest BCUT2D eigenvalue weighted by atomic mass is 9.87. The molecule has 0 aliphatic carbocycles. The highest BCUT2D eigenvalue weighted by Crippen LogP contribution is 2.42. The lowest BCUT2D eigenvalue weighted by molar-refractivity contribution is 0.274. The van der Waals surface area contributed by atoms with Gasteiger partial charge in [-0.25, -0.2) is 0 Å². The van der Waals surface area contributed by atoms with Gasteiger partial charge in [0.15, 0.2) is 11.5 Å². The zero-order valence-electron chi connectivity index (χ0n) is 14.0. The summed E-state index contributed by atoms with van der Waals surface area (Å²) in [4.78, 5) is 0. The number of methoxy groups -OCH3 is 2. The minimum atomic E-state index is 0.140. The Labute approximate surface area is 137 Å². The van der Waals surface area contributed by atoms with Crippen molar-refractivity contribution in [3.05, 3.63) is 17.7 Å². The average Bonchev–Trinajstić information content (AvgIpc) is 3.03. The number of ether oxygens (including phenoxy) is 3. The predicted octanol–water partition coefficient (Wildman–Crippen LogP) is 2.10. The number of hydrazone groups is 1. The molecule has 0 aromatic heterocycles. The first-order valence-corrected chi connectivity index (χ1v) is 8.19. The molecule has 0 bridgehead atoms. The van der Waals surface area contributed by atoms with Crippen molar-refractivity contribution < 1.29 is 14.2 Å². The molecule has 0 radical (unpaired) electrons. The molecule has 3 rings (SSSR count). The van der Waals surface area contributed by atoms with Crippen molar-refractivity contribution in [1.29, 1.82) is 0 Å². The Morgan fingerprint density at radius 3 is 2.61 bits per heavy atom. The van der Waals surface area contributed by atoms with Gasteiger partial charge in [-0.2, -0.15) is 5.10 Å². The fourth-order valence-corrected chi connectivity index (χ4v) is 3.20. The maximum absolute atomic E-state index is 5.81. The van der Waals surface area contributed by atoms with Crippen molar-refractivity contribution in [3.63, 3.8) is 0 Å². The molecular weight excluding hydrogens is 294 g/mol. The molecule has 0 amide bonds. The normalized spacial score (nSPS) is 22.8. The van der Waals surface area contributed by atoms with Crippen LogP contribution >= 0.6 is 0 Å². The highest BCUT2D eigenvalue weighted by Gasteiger charge is 2.35. The number of nitrogens with zero attached hydrogens (tertiary/aromatic N) is 1. The second-order valence-electron chi connectivity index (χ2n) is 5.87. The smallest absolute Gasteiger partial charge is 0.203 e. The number of benzene rings is 1. The number of fused-ring (bicyclic) bond motifs is 1. The van der Waals surface area contributed by atoms with E-state index in [0.717, 1.165) is 31.5 Å². The summed E-state index contributed by atoms with van der Waals surface area (Å²) in [6.07, 6.45) is 1.93. The molecule has 2 aliphatic rings. The van der Waals surface area contributed by atoms with E-state index in [2.05, 4.69) is 22.8 Å². The van der Waals surface area contributed by atoms with Crippen LogP contribution in [0.15, 0.2) is 17.2 Å². The molecule has 0 spiro atoms. The molecule has 1 aromatic rings. The molecule has 2 aliphatic heterocycles. The molecule has 6 heteroatoms. The summed E-state index contributed by atoms with van der Waals surface area (Å²) in [6, 6.07) is 4.19. The van der Waals surface area contributed by atoms with E-state index in [1.54, 1.807) is 14.2 Å². The quantitative estimate of drug-likeness (QED) is 0.841. The molecule has 1 saturated heterocycles. The third-order valence-corrected chi connectivity index (χ3v) is 4.39. The van der Waals surface area contributed by atoms with Crippen LogP contribution in [0.3, 0.4) is 0 Å². The fraction of sp³-hybridized carbons (Fsp3) is 0.588. The molecule has 2 atom stereocenters. The molecule has 6 nitrogen and oxygen atoms in total. The predicted molar refractivity (Wildman–Crippen MR) is 89.6 cm³/mol. The van der Waals surface area contributed by atoms with Crippen LogP contribution in [0.2, 0.25) is 0 Å². The molecule has 126 valence electrons. The summed E-state index contributed by atoms with van der Waals surface area (Å²) >= 11 is 0. The Hall–Kier alpha value is -1.95. The third-order valence-electron chi connectivity index (χ3n) is 4.39. The minimum Gasteiger partial charge on any atom is -0.493 e. The van der Waals surface area contributed by atoms with Crippen LogP contribution in [0, 0.1) is 5.92 Å². The first kappa shape index (κ1) is 15.9. The zero-order chi connectivity index (χ0) is 16.2. The van der Waals surface area contributed by atoms with E-state index in [9.17, 15) is 0 Å². The monoisotopic (exact) mass is 319 g/mol. The van der Waals surface area contributed by atoms with E-state index in [1.807, 2.05) is 12.1 Å². The van der Waals surface area contributed by atoms with Crippen LogP contribution in [0.4, 0.5) is 0 Å². The summed E-state index contributed by atoms with van der Waals surface area (Å²) in [5.41, 5.74) is 5.63. The van der Waals surface area contributed by atoms with E-state index in [4.69, 9.17) is 14.2 Å². The zero-order valence-corrected chi connectivity index (χ0v) is 14.0. The number of hydrogen-bond donors (Lipinski definition) is 2. The van der Waals surface area contributed by atoms with Crippen LogP contribution in [0.25, 0.3) is 0 Å². The average molecular weight is 319 g/mol. The summed E-state index contributed by atoms with van der Waals surface area (Å²) in [5.74, 6) is 2.45. The van der Waals surface area contributed by atoms with Crippen molar-refractivity contribution >= 4 is 5.71 Å². The van der Waals surface area contributed by atoms with E-state index in [-0.39, 0.29) is 6.04 Å². The molecule has 23 heavy (non-hydrogen) atoms. The van der Waals surface area contributed by atoms with E-state index >= 15 is 0 Å². The second kappa shape index (κ2) is 7.08. The number of nitrogens with one attached hydrogen (secondary N) is 2. The van der Waals surface area contributed by atoms with Crippen LogP contribution in [0.5, 0.6) is 17.2 Å². The summed E-state index contributed by atoms with van der Waals surface area (Å²) in [5, 5.41) is 7.96. The van der Waals surface area contributed by atoms with Crippen molar-refractivity contribution in [1.82, 2.24) is 10.7 Å². The van der Waals surface area contributed by atoms with Crippen LogP contribution < -0.4 is 25.0 Å². The molecule has 2 N–H and O–H groups in total. The van der Waals surface area contributed by atoms with Gasteiger partial charge in [-0.3, -0.25) is 0 Å². The maximum Gasteiger partial charge on any atom is 0.203 e. The largest absolute Gasteiger partial charge is 0.493 e. The summed E-state index contributed by atoms with van der Waals surface area (Å²) < 4.78 is 16.9.